The molecule has 9 heteroatoms. The van der Waals surface area contributed by atoms with Crippen LogP contribution >= 0.6 is 0 Å². The van der Waals surface area contributed by atoms with Gasteiger partial charge in [-0.25, -0.2) is 19.9 Å². The minimum atomic E-state index is 0.415. The van der Waals surface area contributed by atoms with Crippen molar-refractivity contribution in [2.75, 3.05) is 44.3 Å². The van der Waals surface area contributed by atoms with Gasteiger partial charge in [0.05, 0.1) is 16.6 Å². The highest BCUT2D eigenvalue weighted by Crippen LogP contribution is 2.39. The lowest BCUT2D eigenvalue weighted by Crippen LogP contribution is -2.49. The van der Waals surface area contributed by atoms with Crippen molar-refractivity contribution in [1.29, 1.82) is 0 Å². The van der Waals surface area contributed by atoms with Gasteiger partial charge >= 0.3 is 0 Å². The van der Waals surface area contributed by atoms with Crippen LogP contribution in [-0.2, 0) is 0 Å². The zero-order valence-corrected chi connectivity index (χ0v) is 23.8. The van der Waals surface area contributed by atoms with Gasteiger partial charge in [0.25, 0.3) is 0 Å². The number of para-hydroxylation sites is 1. The first-order chi connectivity index (χ1) is 20.0. The first-order valence-electron chi connectivity index (χ1n) is 14.7. The number of likely N-dealkylation sites (N-methyl/N-ethyl adjacent to an activating group) is 1. The van der Waals surface area contributed by atoms with Crippen LogP contribution in [0.15, 0.2) is 61.1 Å². The van der Waals surface area contributed by atoms with E-state index in [2.05, 4.69) is 67.2 Å². The molecule has 210 valence electrons. The van der Waals surface area contributed by atoms with E-state index in [-0.39, 0.29) is 0 Å². The summed E-state index contributed by atoms with van der Waals surface area (Å²) in [7, 11) is 2.22. The zero-order valence-electron chi connectivity index (χ0n) is 23.8. The Kier molecular flexibility index (Phi) is 6.76. The van der Waals surface area contributed by atoms with Gasteiger partial charge in [0.2, 0.25) is 5.95 Å². The second-order valence-electron chi connectivity index (χ2n) is 11.6. The molecule has 41 heavy (non-hydrogen) atoms. The lowest BCUT2D eigenvalue weighted by atomic mass is 9.89. The van der Waals surface area contributed by atoms with Gasteiger partial charge in [-0.05, 0) is 63.4 Å². The first-order valence-corrected chi connectivity index (χ1v) is 14.7. The molecule has 1 aliphatic carbocycles. The van der Waals surface area contributed by atoms with Gasteiger partial charge in [0, 0.05) is 61.1 Å². The van der Waals surface area contributed by atoms with E-state index in [1.165, 1.54) is 39.0 Å². The summed E-state index contributed by atoms with van der Waals surface area (Å²) < 4.78 is 2.36. The molecular formula is C32H37N9. The summed E-state index contributed by atoms with van der Waals surface area (Å²) in [4.78, 5) is 23.6. The van der Waals surface area contributed by atoms with Crippen molar-refractivity contribution in [3.8, 4) is 11.1 Å². The Morgan fingerprint density at radius 2 is 1.59 bits per heavy atom. The second kappa shape index (κ2) is 10.7. The van der Waals surface area contributed by atoms with E-state index in [4.69, 9.17) is 15.7 Å². The van der Waals surface area contributed by atoms with E-state index in [1.807, 2.05) is 31.2 Å². The van der Waals surface area contributed by atoms with E-state index in [9.17, 15) is 0 Å². The van der Waals surface area contributed by atoms with Crippen molar-refractivity contribution in [1.82, 2.24) is 34.3 Å². The number of piperazine rings is 1. The maximum absolute atomic E-state index is 6.46. The van der Waals surface area contributed by atoms with Crippen LogP contribution in [0.2, 0.25) is 0 Å². The average Bonchev–Trinajstić information content (AvgIpc) is 3.39. The summed E-state index contributed by atoms with van der Waals surface area (Å²) in [6, 6.07) is 17.5. The molecule has 5 aromatic rings. The molecule has 3 aromatic heterocycles. The van der Waals surface area contributed by atoms with Gasteiger partial charge in [-0.3, -0.25) is 4.90 Å². The number of nitrogens with zero attached hydrogens (tertiary/aromatic N) is 7. The Morgan fingerprint density at radius 1 is 0.854 bits per heavy atom. The molecule has 2 aliphatic rings. The summed E-state index contributed by atoms with van der Waals surface area (Å²) in [5, 5.41) is 5.37. The molecule has 2 fully saturated rings. The molecule has 1 saturated heterocycles. The van der Waals surface area contributed by atoms with Crippen LogP contribution in [-0.4, -0.2) is 73.6 Å². The number of benzene rings is 2. The van der Waals surface area contributed by atoms with Crippen LogP contribution < -0.4 is 11.1 Å². The van der Waals surface area contributed by atoms with Gasteiger partial charge in [-0.1, -0.05) is 30.3 Å². The van der Waals surface area contributed by atoms with Crippen molar-refractivity contribution in [3.05, 3.63) is 66.7 Å². The van der Waals surface area contributed by atoms with E-state index >= 15 is 0 Å². The predicted octanol–water partition coefficient (Wildman–Crippen LogP) is 5.41. The summed E-state index contributed by atoms with van der Waals surface area (Å²) >= 11 is 0. The van der Waals surface area contributed by atoms with Crippen molar-refractivity contribution in [2.45, 2.75) is 44.7 Å². The molecule has 4 heterocycles. The van der Waals surface area contributed by atoms with Crippen molar-refractivity contribution in [3.63, 3.8) is 0 Å². The number of nitrogens with two attached hydrogens (primary N) is 1. The predicted molar refractivity (Wildman–Crippen MR) is 165 cm³/mol. The SMILES string of the molecule is Cc1nc(Nc2ccc(-c3cn(C4CCC(N5CCN(C)CC5)CC4)c4ncnc(N)c34)cc2)nc2ccccc12. The van der Waals surface area contributed by atoms with Crippen LogP contribution in [0.4, 0.5) is 17.5 Å². The summed E-state index contributed by atoms with van der Waals surface area (Å²) in [5.41, 5.74) is 12.4. The van der Waals surface area contributed by atoms with E-state index in [1.54, 1.807) is 6.33 Å². The first kappa shape index (κ1) is 25.9. The van der Waals surface area contributed by atoms with Crippen molar-refractivity contribution >= 4 is 39.4 Å². The van der Waals surface area contributed by atoms with Gasteiger partial charge in [-0.15, -0.1) is 0 Å². The van der Waals surface area contributed by atoms with Crippen LogP contribution in [0.5, 0.6) is 0 Å². The molecule has 7 rings (SSSR count). The molecule has 0 spiro atoms. The number of hydrogen-bond acceptors (Lipinski definition) is 8. The highest BCUT2D eigenvalue weighted by molar-refractivity contribution is 6.00. The zero-order chi connectivity index (χ0) is 27.9. The lowest BCUT2D eigenvalue weighted by Gasteiger charge is -2.41. The molecule has 1 aliphatic heterocycles. The second-order valence-corrected chi connectivity index (χ2v) is 11.6. The van der Waals surface area contributed by atoms with Crippen LogP contribution in [0.3, 0.4) is 0 Å². The molecule has 0 unspecified atom stereocenters. The molecular weight excluding hydrogens is 510 g/mol. The Labute approximate surface area is 240 Å². The number of aryl methyl sites for hydroxylation is 1. The fourth-order valence-electron chi connectivity index (χ4n) is 6.65. The standard InChI is InChI=1S/C32H37N9/c1-21-26-5-3-4-6-28(26)38-32(36-21)37-23-9-7-22(8-10-23)27-19-41(31-29(27)30(33)34-20-35-31)25-13-11-24(12-14-25)40-17-15-39(2)16-18-40/h3-10,19-20,24-25H,11-18H2,1-2H3,(H2,33,34,35)(H,36,37,38). The topological polar surface area (TPSA) is 101 Å². The minimum Gasteiger partial charge on any atom is -0.383 e. The fraction of sp³-hybridized carbons (Fsp3) is 0.375. The van der Waals surface area contributed by atoms with Crippen molar-refractivity contribution in [2.24, 2.45) is 0 Å². The molecule has 0 radical (unpaired) electrons. The number of anilines is 3. The molecule has 0 atom stereocenters. The molecule has 3 N–H and O–H groups in total. The van der Waals surface area contributed by atoms with E-state index < -0.39 is 0 Å². The monoisotopic (exact) mass is 547 g/mol. The van der Waals surface area contributed by atoms with Crippen molar-refractivity contribution < 1.29 is 0 Å². The number of fused-ring (bicyclic) bond motifs is 2. The van der Waals surface area contributed by atoms with Gasteiger partial charge in [0.1, 0.15) is 17.8 Å². The third-order valence-electron chi connectivity index (χ3n) is 9.00. The van der Waals surface area contributed by atoms with Gasteiger partial charge < -0.3 is 20.5 Å². The third-order valence-corrected chi connectivity index (χ3v) is 9.00. The quantitative estimate of drug-likeness (QED) is 0.301. The van der Waals surface area contributed by atoms with Crippen LogP contribution in [0.1, 0.15) is 37.4 Å². The summed E-state index contributed by atoms with van der Waals surface area (Å²) in [5.74, 6) is 1.12. The Balaban J connectivity index is 1.13. The number of nitrogen functional groups attached to an aromatic ring is 1. The Morgan fingerprint density at radius 3 is 2.37 bits per heavy atom. The van der Waals surface area contributed by atoms with E-state index in [0.29, 0.717) is 23.8 Å². The maximum atomic E-state index is 6.46. The smallest absolute Gasteiger partial charge is 0.228 e. The average molecular weight is 548 g/mol. The number of hydrogen-bond donors (Lipinski definition) is 2. The maximum Gasteiger partial charge on any atom is 0.228 e. The minimum absolute atomic E-state index is 0.415. The Bertz CT molecular complexity index is 1680. The lowest BCUT2D eigenvalue weighted by molar-refractivity contribution is 0.0828. The molecule has 0 bridgehead atoms. The molecule has 0 amide bonds. The summed E-state index contributed by atoms with van der Waals surface area (Å²) in [6.07, 6.45) is 8.58. The normalized spacial score (nSPS) is 20.5. The molecule has 9 nitrogen and oxygen atoms in total. The number of nitrogens with one attached hydrogen (secondary N) is 1. The molecule has 2 aromatic carbocycles. The Hall–Kier alpha value is -4.08. The fourth-order valence-corrected chi connectivity index (χ4v) is 6.65. The third kappa shape index (κ3) is 5.00. The highest BCUT2D eigenvalue weighted by Gasteiger charge is 2.30. The van der Waals surface area contributed by atoms with Gasteiger partial charge in [-0.2, -0.15) is 0 Å². The van der Waals surface area contributed by atoms with Crippen LogP contribution in [0, 0.1) is 6.92 Å². The van der Waals surface area contributed by atoms with Gasteiger partial charge in [0.15, 0.2) is 0 Å². The number of aromatic nitrogens is 5. The highest BCUT2D eigenvalue weighted by atomic mass is 15.3. The molecule has 1 saturated carbocycles. The van der Waals surface area contributed by atoms with Crippen LogP contribution in [0.25, 0.3) is 33.1 Å². The largest absolute Gasteiger partial charge is 0.383 e. The van der Waals surface area contributed by atoms with E-state index in [0.717, 1.165) is 57.3 Å². The summed E-state index contributed by atoms with van der Waals surface area (Å²) in [6.45, 7) is 6.72. The number of rotatable bonds is 5.